The number of nitrogens with one attached hydrogen (secondary N) is 4. The Bertz CT molecular complexity index is 1160. The minimum absolute atomic E-state index is 0.0680. The van der Waals surface area contributed by atoms with E-state index in [4.69, 9.17) is 19.9 Å². The van der Waals surface area contributed by atoms with Crippen LogP contribution in [0.1, 0.15) is 30.9 Å². The van der Waals surface area contributed by atoms with Crippen molar-refractivity contribution in [2.45, 2.75) is 32.7 Å². The first-order chi connectivity index (χ1) is 20.1. The first kappa shape index (κ1) is 31.5. The number of unbranched alkanes of at least 4 members (excludes halogenated alkanes) is 1. The minimum Gasteiger partial charge on any atom is -0.497 e. The normalized spacial score (nSPS) is 10.7. The lowest BCUT2D eigenvalue weighted by Crippen LogP contribution is -2.29. The van der Waals surface area contributed by atoms with E-state index in [1.807, 2.05) is 48.5 Å². The van der Waals surface area contributed by atoms with Crippen molar-refractivity contribution in [3.05, 3.63) is 59.7 Å². The molecule has 0 bridgehead atoms. The molecule has 0 saturated carbocycles. The Morgan fingerprint density at radius 2 is 1.46 bits per heavy atom. The molecule has 0 fully saturated rings. The van der Waals surface area contributed by atoms with Crippen LogP contribution >= 0.6 is 0 Å². The molecule has 0 radical (unpaired) electrons. The molecule has 1 amide bonds. The predicted molar refractivity (Wildman–Crippen MR) is 161 cm³/mol. The molecule has 3 aromatic rings. The number of rotatable bonds is 20. The summed E-state index contributed by atoms with van der Waals surface area (Å²) in [6, 6.07) is 15.4. The van der Waals surface area contributed by atoms with Gasteiger partial charge in [0.2, 0.25) is 23.8 Å². The fraction of sp³-hybridized carbons (Fsp3) is 0.448. The van der Waals surface area contributed by atoms with Crippen molar-refractivity contribution in [2.75, 3.05) is 69.1 Å². The first-order valence-corrected chi connectivity index (χ1v) is 13.9. The molecular weight excluding hydrogens is 524 g/mol. The summed E-state index contributed by atoms with van der Waals surface area (Å²) < 4.78 is 15.9. The van der Waals surface area contributed by atoms with E-state index in [9.17, 15) is 4.79 Å². The summed E-state index contributed by atoms with van der Waals surface area (Å²) in [5.41, 5.74) is 8.12. The zero-order valence-corrected chi connectivity index (χ0v) is 23.9. The van der Waals surface area contributed by atoms with Crippen LogP contribution in [0.15, 0.2) is 48.5 Å². The molecule has 3 rings (SSSR count). The lowest BCUT2D eigenvalue weighted by atomic mass is 10.1. The van der Waals surface area contributed by atoms with E-state index in [2.05, 4.69) is 43.1 Å². The second-order valence-electron chi connectivity index (χ2n) is 9.15. The topological polar surface area (TPSA) is 158 Å². The van der Waals surface area contributed by atoms with Crippen LogP contribution in [0.4, 0.5) is 23.5 Å². The maximum absolute atomic E-state index is 12.3. The lowest BCUT2D eigenvalue weighted by molar-refractivity contribution is -0.120. The van der Waals surface area contributed by atoms with Gasteiger partial charge >= 0.3 is 0 Å². The van der Waals surface area contributed by atoms with Crippen LogP contribution in [-0.2, 0) is 27.2 Å². The van der Waals surface area contributed by atoms with Crippen LogP contribution in [0.5, 0.6) is 5.75 Å². The molecule has 0 aliphatic carbocycles. The second kappa shape index (κ2) is 18.4. The highest BCUT2D eigenvalue weighted by atomic mass is 16.5. The van der Waals surface area contributed by atoms with Gasteiger partial charge in [-0.2, -0.15) is 15.0 Å². The summed E-state index contributed by atoms with van der Waals surface area (Å²) in [6.07, 6.45) is 2.35. The fourth-order valence-corrected chi connectivity index (χ4v) is 3.64. The smallest absolute Gasteiger partial charge is 0.233 e. The van der Waals surface area contributed by atoms with Crippen LogP contribution in [0.2, 0.25) is 0 Å². The third kappa shape index (κ3) is 12.4. The van der Waals surface area contributed by atoms with Crippen molar-refractivity contribution in [3.63, 3.8) is 0 Å². The maximum atomic E-state index is 12.3. The molecule has 41 heavy (non-hydrogen) atoms. The Morgan fingerprint density at radius 1 is 0.805 bits per heavy atom. The second-order valence-corrected chi connectivity index (χ2v) is 9.15. The molecular formula is C29H42N8O4. The number of carbonyl (C=O) groups is 1. The molecule has 0 saturated heterocycles. The number of methoxy groups -OCH3 is 1. The third-order valence-corrected chi connectivity index (χ3v) is 5.84. The predicted octanol–water partition coefficient (Wildman–Crippen LogP) is 3.10. The molecule has 1 aromatic heterocycles. The van der Waals surface area contributed by atoms with Crippen LogP contribution in [0.25, 0.3) is 0 Å². The van der Waals surface area contributed by atoms with Crippen molar-refractivity contribution in [3.8, 4) is 5.75 Å². The molecule has 0 aliphatic rings. The summed E-state index contributed by atoms with van der Waals surface area (Å²) in [6.45, 7) is 6.30. The van der Waals surface area contributed by atoms with E-state index in [1.165, 1.54) is 0 Å². The van der Waals surface area contributed by atoms with Crippen molar-refractivity contribution in [1.29, 1.82) is 0 Å². The Morgan fingerprint density at radius 3 is 2.15 bits per heavy atom. The highest BCUT2D eigenvalue weighted by Gasteiger charge is 2.09. The lowest BCUT2D eigenvalue weighted by Gasteiger charge is -2.12. The minimum atomic E-state index is -0.0680. The molecule has 0 spiro atoms. The van der Waals surface area contributed by atoms with Crippen LogP contribution in [-0.4, -0.2) is 74.0 Å². The zero-order valence-electron chi connectivity index (χ0n) is 23.9. The number of nitrogens with zero attached hydrogens (tertiary/aromatic N) is 3. The number of benzene rings is 2. The van der Waals surface area contributed by atoms with Gasteiger partial charge < -0.3 is 41.2 Å². The van der Waals surface area contributed by atoms with Gasteiger partial charge in [0.1, 0.15) is 5.75 Å². The van der Waals surface area contributed by atoms with Gasteiger partial charge in [0.05, 0.1) is 40.0 Å². The molecule has 222 valence electrons. The number of ether oxygens (including phenoxy) is 3. The third-order valence-electron chi connectivity index (χ3n) is 5.84. The number of aromatic nitrogens is 3. The number of hydrogen-bond donors (Lipinski definition) is 5. The van der Waals surface area contributed by atoms with E-state index >= 15 is 0 Å². The van der Waals surface area contributed by atoms with Crippen LogP contribution < -0.4 is 31.7 Å². The number of amides is 1. The van der Waals surface area contributed by atoms with E-state index in [-0.39, 0.29) is 12.3 Å². The summed E-state index contributed by atoms with van der Waals surface area (Å²) in [5.74, 6) is 2.10. The van der Waals surface area contributed by atoms with E-state index < -0.39 is 0 Å². The van der Waals surface area contributed by atoms with Gasteiger partial charge in [-0.15, -0.1) is 0 Å². The summed E-state index contributed by atoms with van der Waals surface area (Å²) in [5, 5.41) is 12.6. The number of hydrogen-bond acceptors (Lipinski definition) is 11. The van der Waals surface area contributed by atoms with Crippen molar-refractivity contribution in [2.24, 2.45) is 5.73 Å². The van der Waals surface area contributed by atoms with Gasteiger partial charge in [0.15, 0.2) is 0 Å². The van der Waals surface area contributed by atoms with Gasteiger partial charge in [-0.3, -0.25) is 4.79 Å². The van der Waals surface area contributed by atoms with E-state index in [0.717, 1.165) is 42.0 Å². The van der Waals surface area contributed by atoms with Crippen LogP contribution in [0, 0.1) is 0 Å². The highest BCUT2D eigenvalue weighted by molar-refractivity contribution is 5.78. The Balaban J connectivity index is 1.52. The van der Waals surface area contributed by atoms with E-state index in [0.29, 0.717) is 63.9 Å². The standard InChI is InChI=1S/C29H42N8O4/c1-3-4-14-32-27-35-28(33-21-23-7-11-25(39-2)12-8-23)37-29(36-27)34-24-9-5-22(6-10-24)20-26(38)31-15-17-41-19-18-40-16-13-30/h5-12H,3-4,13-21,30H2,1-2H3,(H,31,38)(H3,32,33,34,35,36,37). The van der Waals surface area contributed by atoms with Gasteiger partial charge in [0, 0.05) is 31.9 Å². The van der Waals surface area contributed by atoms with E-state index in [1.54, 1.807) is 7.11 Å². The van der Waals surface area contributed by atoms with Gasteiger partial charge in [-0.1, -0.05) is 37.6 Å². The SMILES string of the molecule is CCCCNc1nc(NCc2ccc(OC)cc2)nc(Nc2ccc(CC(=O)NCCOCCOCCN)cc2)n1. The summed E-state index contributed by atoms with van der Waals surface area (Å²) >= 11 is 0. The highest BCUT2D eigenvalue weighted by Crippen LogP contribution is 2.18. The Labute approximate surface area is 241 Å². The van der Waals surface area contributed by atoms with Crippen LogP contribution in [0.3, 0.4) is 0 Å². The number of carbonyl (C=O) groups excluding carboxylic acids is 1. The first-order valence-electron chi connectivity index (χ1n) is 13.9. The van der Waals surface area contributed by atoms with Crippen molar-refractivity contribution in [1.82, 2.24) is 20.3 Å². The summed E-state index contributed by atoms with van der Waals surface area (Å²) in [7, 11) is 1.65. The molecule has 12 heteroatoms. The quantitative estimate of drug-likeness (QED) is 0.128. The summed E-state index contributed by atoms with van der Waals surface area (Å²) in [4.78, 5) is 25.9. The zero-order chi connectivity index (χ0) is 29.1. The van der Waals surface area contributed by atoms with Crippen molar-refractivity contribution >= 4 is 29.4 Å². The Hall–Kier alpha value is -4.00. The average Bonchev–Trinajstić information content (AvgIpc) is 2.99. The fourth-order valence-electron chi connectivity index (χ4n) is 3.64. The largest absolute Gasteiger partial charge is 0.497 e. The molecule has 6 N–H and O–H groups in total. The monoisotopic (exact) mass is 566 g/mol. The molecule has 0 aliphatic heterocycles. The number of anilines is 4. The molecule has 12 nitrogen and oxygen atoms in total. The Kier molecular flexibility index (Phi) is 14.1. The number of nitrogens with two attached hydrogens (primary N) is 1. The van der Waals surface area contributed by atoms with Gasteiger partial charge in [-0.25, -0.2) is 0 Å². The molecule has 0 atom stereocenters. The molecule has 1 heterocycles. The van der Waals surface area contributed by atoms with Gasteiger partial charge in [-0.05, 0) is 41.8 Å². The molecule has 2 aromatic carbocycles. The molecule has 0 unspecified atom stereocenters. The average molecular weight is 567 g/mol. The maximum Gasteiger partial charge on any atom is 0.233 e. The van der Waals surface area contributed by atoms with Crippen molar-refractivity contribution < 1.29 is 19.0 Å². The van der Waals surface area contributed by atoms with Gasteiger partial charge in [0.25, 0.3) is 0 Å².